The van der Waals surface area contributed by atoms with Crippen LogP contribution in [0.4, 0.5) is 0 Å². The quantitative estimate of drug-likeness (QED) is 0.332. The van der Waals surface area contributed by atoms with Crippen LogP contribution < -0.4 is 0 Å². The topological polar surface area (TPSA) is 158 Å². The highest BCUT2D eigenvalue weighted by molar-refractivity contribution is 6.02. The van der Waals surface area contributed by atoms with Crippen molar-refractivity contribution >= 4 is 35.6 Å². The average molecular weight is 449 g/mol. The second-order valence-corrected chi connectivity index (χ2v) is 7.41. The zero-order valence-corrected chi connectivity index (χ0v) is 17.4. The third kappa shape index (κ3) is 6.18. The van der Waals surface area contributed by atoms with E-state index in [2.05, 4.69) is 10.3 Å². The molecule has 3 heterocycles. The van der Waals surface area contributed by atoms with E-state index < -0.39 is 35.6 Å². The lowest BCUT2D eigenvalue weighted by Crippen LogP contribution is -2.33. The molecule has 2 fully saturated rings. The van der Waals surface area contributed by atoms with E-state index in [0.717, 1.165) is 19.3 Å². The van der Waals surface area contributed by atoms with Crippen LogP contribution in [-0.2, 0) is 51.4 Å². The first-order valence-corrected chi connectivity index (χ1v) is 10.4. The molecule has 2 saturated heterocycles. The van der Waals surface area contributed by atoms with E-state index in [-0.39, 0.29) is 38.6 Å². The van der Waals surface area contributed by atoms with Gasteiger partial charge in [-0.2, -0.15) is 0 Å². The van der Waals surface area contributed by atoms with E-state index in [1.807, 2.05) is 0 Å². The molecule has 0 unspecified atom stereocenters. The second kappa shape index (κ2) is 10.6. The van der Waals surface area contributed by atoms with Crippen LogP contribution in [0.3, 0.4) is 0 Å². The van der Waals surface area contributed by atoms with E-state index in [1.54, 1.807) is 6.20 Å². The molecule has 13 nitrogen and oxygen atoms in total. The van der Waals surface area contributed by atoms with Crippen molar-refractivity contribution in [3.05, 3.63) is 11.9 Å². The van der Waals surface area contributed by atoms with Crippen LogP contribution in [0.5, 0.6) is 0 Å². The number of aromatic nitrogens is 3. The molecule has 1 aromatic rings. The molecule has 3 rings (SSSR count). The Morgan fingerprint density at radius 1 is 0.781 bits per heavy atom. The van der Waals surface area contributed by atoms with Crippen molar-refractivity contribution in [1.29, 1.82) is 0 Å². The molecule has 2 aliphatic rings. The molecule has 32 heavy (non-hydrogen) atoms. The molecule has 0 N–H and O–H groups in total. The Morgan fingerprint density at radius 2 is 1.31 bits per heavy atom. The fraction of sp³-hybridized carbons (Fsp3) is 0.579. The lowest BCUT2D eigenvalue weighted by molar-refractivity contribution is -0.198. The average Bonchev–Trinajstić information content (AvgIpc) is 3.42. The summed E-state index contributed by atoms with van der Waals surface area (Å²) >= 11 is 0. The van der Waals surface area contributed by atoms with Crippen molar-refractivity contribution in [1.82, 2.24) is 25.1 Å². The molecule has 2 aliphatic heterocycles. The Bertz CT molecular complexity index is 895. The molecule has 1 aromatic heterocycles. The van der Waals surface area contributed by atoms with E-state index in [9.17, 15) is 28.8 Å². The van der Waals surface area contributed by atoms with Gasteiger partial charge in [-0.3, -0.25) is 19.2 Å². The maximum Gasteiger partial charge on any atom is 0.354 e. The van der Waals surface area contributed by atoms with Crippen molar-refractivity contribution < 1.29 is 38.4 Å². The summed E-state index contributed by atoms with van der Waals surface area (Å²) in [6.07, 6.45) is 5.37. The van der Waals surface area contributed by atoms with Gasteiger partial charge >= 0.3 is 11.9 Å². The second-order valence-electron chi connectivity index (χ2n) is 7.41. The van der Waals surface area contributed by atoms with E-state index in [4.69, 9.17) is 9.68 Å². The molecular weight excluding hydrogens is 426 g/mol. The minimum absolute atomic E-state index is 0.0264. The van der Waals surface area contributed by atoms with Crippen LogP contribution in [0.2, 0.25) is 0 Å². The highest BCUT2D eigenvalue weighted by Gasteiger charge is 2.33. The number of aryl methyl sites for hydroxylation is 1. The summed E-state index contributed by atoms with van der Waals surface area (Å²) in [5.74, 6) is -3.50. The predicted octanol–water partition coefficient (Wildman–Crippen LogP) is -0.0145. The van der Waals surface area contributed by atoms with Gasteiger partial charge in [-0.15, -0.1) is 15.2 Å². The lowest BCUT2D eigenvalue weighted by Gasteiger charge is -2.12. The molecule has 172 valence electrons. The van der Waals surface area contributed by atoms with Crippen molar-refractivity contribution in [2.75, 3.05) is 0 Å². The number of unbranched alkanes of at least 4 members (excludes halogenated alkanes) is 3. The van der Waals surface area contributed by atoms with Gasteiger partial charge in [0.2, 0.25) is 0 Å². The molecule has 0 spiro atoms. The molecule has 0 aromatic carbocycles. The minimum atomic E-state index is -0.797. The number of carbonyl (C=O) groups excluding carboxylic acids is 6. The summed E-state index contributed by atoms with van der Waals surface area (Å²) in [6.45, 7) is -0.284. The van der Waals surface area contributed by atoms with Crippen LogP contribution >= 0.6 is 0 Å². The van der Waals surface area contributed by atoms with E-state index >= 15 is 0 Å². The lowest BCUT2D eigenvalue weighted by atomic mass is 10.1. The number of hydrogen-bond donors (Lipinski definition) is 0. The fourth-order valence-electron chi connectivity index (χ4n) is 3.19. The molecule has 13 heteroatoms. The van der Waals surface area contributed by atoms with Gasteiger partial charge in [0.15, 0.2) is 0 Å². The molecule has 0 saturated carbocycles. The summed E-state index contributed by atoms with van der Waals surface area (Å²) in [6, 6.07) is 0. The van der Waals surface area contributed by atoms with E-state index in [1.165, 1.54) is 4.68 Å². The first kappa shape index (κ1) is 23.0. The van der Waals surface area contributed by atoms with Crippen molar-refractivity contribution in [3.63, 3.8) is 0 Å². The standard InChI is InChI=1S/C19H23N5O8/c25-14-7-8-15(26)23(14)31-18(29)6-4-2-1-3-5-13-11-22(21-20-13)12-19(30)32-24-16(27)9-10-17(24)28/h11H,1-10,12H2. The van der Waals surface area contributed by atoms with Crippen molar-refractivity contribution in [2.24, 2.45) is 0 Å². The summed E-state index contributed by atoms with van der Waals surface area (Å²) < 4.78 is 1.26. The van der Waals surface area contributed by atoms with E-state index in [0.29, 0.717) is 28.7 Å². The van der Waals surface area contributed by atoms with Gasteiger partial charge in [-0.1, -0.05) is 18.1 Å². The zero-order chi connectivity index (χ0) is 23.1. The van der Waals surface area contributed by atoms with Crippen LogP contribution in [-0.4, -0.2) is 60.7 Å². The summed E-state index contributed by atoms with van der Waals surface area (Å²) in [5.41, 5.74) is 0.664. The van der Waals surface area contributed by atoms with Crippen LogP contribution in [0.15, 0.2) is 6.20 Å². The van der Waals surface area contributed by atoms with Gasteiger partial charge in [0.25, 0.3) is 23.6 Å². The zero-order valence-electron chi connectivity index (χ0n) is 17.4. The summed E-state index contributed by atoms with van der Waals surface area (Å²) in [5, 5.41) is 8.81. The first-order chi connectivity index (χ1) is 15.3. The Balaban J connectivity index is 1.27. The molecule has 0 atom stereocenters. The molecular formula is C19H23N5O8. The van der Waals surface area contributed by atoms with Crippen molar-refractivity contribution in [3.8, 4) is 0 Å². The smallest absolute Gasteiger partial charge is 0.330 e. The number of hydrogen-bond acceptors (Lipinski definition) is 10. The van der Waals surface area contributed by atoms with Gasteiger partial charge in [-0.05, 0) is 19.3 Å². The number of carbonyl (C=O) groups is 6. The Kier molecular flexibility index (Phi) is 7.63. The van der Waals surface area contributed by atoms with Crippen LogP contribution in [0.25, 0.3) is 0 Å². The minimum Gasteiger partial charge on any atom is -0.330 e. The maximum atomic E-state index is 11.9. The normalized spacial score (nSPS) is 16.2. The molecule has 0 aliphatic carbocycles. The third-order valence-corrected chi connectivity index (χ3v) is 4.84. The fourth-order valence-corrected chi connectivity index (χ4v) is 3.19. The van der Waals surface area contributed by atoms with Crippen LogP contribution in [0, 0.1) is 0 Å². The SMILES string of the molecule is O=C(CCCCCCc1cn(CC(=O)ON2C(=O)CCC2=O)nn1)ON1C(=O)CCC1=O. The maximum absolute atomic E-state index is 11.9. The Morgan fingerprint density at radius 3 is 1.91 bits per heavy atom. The third-order valence-electron chi connectivity index (χ3n) is 4.84. The highest BCUT2D eigenvalue weighted by atomic mass is 16.7. The molecule has 0 radical (unpaired) electrons. The van der Waals surface area contributed by atoms with Crippen molar-refractivity contribution in [2.45, 2.75) is 70.8 Å². The van der Waals surface area contributed by atoms with Gasteiger partial charge in [0, 0.05) is 38.3 Å². The van der Waals surface area contributed by atoms with Gasteiger partial charge in [0.1, 0.15) is 6.54 Å². The number of imide groups is 2. The Hall–Kier alpha value is -3.64. The number of hydroxylamine groups is 4. The molecule has 0 bridgehead atoms. The predicted molar refractivity (Wildman–Crippen MR) is 101 cm³/mol. The molecule has 4 amide bonds. The van der Waals surface area contributed by atoms with Gasteiger partial charge < -0.3 is 9.68 Å². The Labute approximate surface area is 182 Å². The number of nitrogens with zero attached hydrogens (tertiary/aromatic N) is 5. The van der Waals surface area contributed by atoms with Gasteiger partial charge in [-0.25, -0.2) is 14.3 Å². The van der Waals surface area contributed by atoms with Crippen LogP contribution in [0.1, 0.15) is 63.5 Å². The highest BCUT2D eigenvalue weighted by Crippen LogP contribution is 2.14. The number of rotatable bonds is 11. The first-order valence-electron chi connectivity index (χ1n) is 10.4. The number of amides is 4. The summed E-state index contributed by atoms with van der Waals surface area (Å²) in [7, 11) is 0. The monoisotopic (exact) mass is 449 g/mol. The van der Waals surface area contributed by atoms with Gasteiger partial charge in [0.05, 0.1) is 5.69 Å². The summed E-state index contributed by atoms with van der Waals surface area (Å²) in [4.78, 5) is 78.8. The largest absolute Gasteiger partial charge is 0.354 e.